The number of sulfone groups is 1. The second kappa shape index (κ2) is 7.38. The number of ether oxygens (including phenoxy) is 1. The van der Waals surface area contributed by atoms with Crippen molar-refractivity contribution in [1.82, 2.24) is 0 Å². The molecule has 0 amide bonds. The maximum Gasteiger partial charge on any atom is 0.180 e. The Morgan fingerprint density at radius 1 is 1.24 bits per heavy atom. The summed E-state index contributed by atoms with van der Waals surface area (Å²) < 4.78 is 30.3. The van der Waals surface area contributed by atoms with Crippen LogP contribution in [0.25, 0.3) is 0 Å². The lowest BCUT2D eigenvalue weighted by molar-refractivity contribution is 0.0286. The number of nitrogens with two attached hydrogens (primary N) is 1. The van der Waals surface area contributed by atoms with E-state index in [-0.39, 0.29) is 18.5 Å². The highest BCUT2D eigenvalue weighted by molar-refractivity contribution is 7.91. The molecular weight excluding hydrogens is 286 g/mol. The van der Waals surface area contributed by atoms with Gasteiger partial charge in [-0.05, 0) is 49.3 Å². The maximum absolute atomic E-state index is 12.3. The number of hydrogen-bond donors (Lipinski definition) is 1. The number of rotatable bonds is 6. The highest BCUT2D eigenvalue weighted by atomic mass is 32.2. The van der Waals surface area contributed by atoms with E-state index < -0.39 is 9.84 Å². The van der Waals surface area contributed by atoms with Crippen LogP contribution in [0.1, 0.15) is 38.2 Å². The minimum absolute atomic E-state index is 0.0348. The molecule has 5 heteroatoms. The van der Waals surface area contributed by atoms with Crippen molar-refractivity contribution in [3.8, 4) is 0 Å². The van der Waals surface area contributed by atoms with Gasteiger partial charge in [-0.2, -0.15) is 0 Å². The van der Waals surface area contributed by atoms with Crippen molar-refractivity contribution in [2.24, 2.45) is 11.7 Å². The molecule has 1 aromatic rings. The van der Waals surface area contributed by atoms with Crippen LogP contribution in [0.15, 0.2) is 29.2 Å². The molecule has 0 atom stereocenters. The van der Waals surface area contributed by atoms with Crippen molar-refractivity contribution in [2.75, 3.05) is 12.4 Å². The average molecular weight is 311 g/mol. The Bertz CT molecular complexity index is 548. The van der Waals surface area contributed by atoms with Crippen molar-refractivity contribution in [1.29, 1.82) is 0 Å². The first-order valence-electron chi connectivity index (χ1n) is 7.64. The first-order chi connectivity index (χ1) is 10.0. The molecule has 1 fully saturated rings. The highest BCUT2D eigenvalue weighted by Crippen LogP contribution is 2.25. The van der Waals surface area contributed by atoms with Gasteiger partial charge in [0.15, 0.2) is 9.84 Å². The summed E-state index contributed by atoms with van der Waals surface area (Å²) in [6, 6.07) is 6.84. The molecule has 0 radical (unpaired) electrons. The minimum Gasteiger partial charge on any atom is -0.377 e. The lowest BCUT2D eigenvalue weighted by atomic mass is 9.89. The second-order valence-electron chi connectivity index (χ2n) is 5.92. The fourth-order valence-corrected chi connectivity index (χ4v) is 3.87. The van der Waals surface area contributed by atoms with Crippen molar-refractivity contribution in [3.05, 3.63) is 29.8 Å². The van der Waals surface area contributed by atoms with Gasteiger partial charge in [0.1, 0.15) is 0 Å². The van der Waals surface area contributed by atoms with Crippen LogP contribution in [0.4, 0.5) is 0 Å². The van der Waals surface area contributed by atoms with Gasteiger partial charge in [0.05, 0.1) is 23.4 Å². The van der Waals surface area contributed by atoms with Gasteiger partial charge in [-0.15, -0.1) is 0 Å². The lowest BCUT2D eigenvalue weighted by Crippen LogP contribution is -2.23. The van der Waals surface area contributed by atoms with Crippen molar-refractivity contribution >= 4 is 9.84 Å². The average Bonchev–Trinajstić information content (AvgIpc) is 2.49. The maximum atomic E-state index is 12.3. The zero-order chi connectivity index (χ0) is 15.3. The molecule has 0 spiro atoms. The Hall–Kier alpha value is -0.910. The molecule has 21 heavy (non-hydrogen) atoms. The van der Waals surface area contributed by atoms with E-state index in [4.69, 9.17) is 10.5 Å². The van der Waals surface area contributed by atoms with E-state index in [1.807, 2.05) is 6.07 Å². The molecule has 1 saturated carbocycles. The third-order valence-corrected chi connectivity index (χ3v) is 5.84. The summed E-state index contributed by atoms with van der Waals surface area (Å²) in [5.41, 5.74) is 6.38. The molecule has 1 aliphatic rings. The zero-order valence-corrected chi connectivity index (χ0v) is 13.4. The van der Waals surface area contributed by atoms with Crippen LogP contribution in [0, 0.1) is 5.92 Å². The third kappa shape index (κ3) is 4.80. The monoisotopic (exact) mass is 311 g/mol. The first-order valence-corrected chi connectivity index (χ1v) is 9.30. The second-order valence-corrected chi connectivity index (χ2v) is 8.03. The van der Waals surface area contributed by atoms with E-state index in [0.29, 0.717) is 11.4 Å². The normalized spacial score (nSPS) is 23.1. The van der Waals surface area contributed by atoms with Crippen molar-refractivity contribution in [2.45, 2.75) is 50.2 Å². The molecule has 1 aliphatic carbocycles. The van der Waals surface area contributed by atoms with Crippen molar-refractivity contribution in [3.63, 3.8) is 0 Å². The van der Waals surface area contributed by atoms with Crippen molar-refractivity contribution < 1.29 is 13.2 Å². The van der Waals surface area contributed by atoms with Gasteiger partial charge >= 0.3 is 0 Å². The van der Waals surface area contributed by atoms with Crippen LogP contribution in [0.5, 0.6) is 0 Å². The summed E-state index contributed by atoms with van der Waals surface area (Å²) >= 11 is 0. The van der Waals surface area contributed by atoms with Crippen LogP contribution in [-0.2, 0) is 21.1 Å². The van der Waals surface area contributed by atoms with Gasteiger partial charge in [0, 0.05) is 6.54 Å². The molecule has 0 saturated heterocycles. The molecule has 0 bridgehead atoms. The smallest absolute Gasteiger partial charge is 0.180 e. The summed E-state index contributed by atoms with van der Waals surface area (Å²) in [5, 5.41) is 0. The van der Waals surface area contributed by atoms with Crippen LogP contribution in [-0.4, -0.2) is 26.9 Å². The molecular formula is C16H25NO3S. The third-order valence-electron chi connectivity index (χ3n) is 4.16. The topological polar surface area (TPSA) is 69.4 Å². The van der Waals surface area contributed by atoms with Gasteiger partial charge in [-0.3, -0.25) is 0 Å². The van der Waals surface area contributed by atoms with Crippen LogP contribution >= 0.6 is 0 Å². The Morgan fingerprint density at radius 3 is 2.62 bits per heavy atom. The molecule has 4 nitrogen and oxygen atoms in total. The molecule has 0 heterocycles. The minimum atomic E-state index is -3.29. The predicted octanol–water partition coefficient (Wildman–Crippen LogP) is 2.51. The van der Waals surface area contributed by atoms with Gasteiger partial charge in [0.2, 0.25) is 0 Å². The first kappa shape index (κ1) is 16.5. The molecule has 0 aliphatic heterocycles. The quantitative estimate of drug-likeness (QED) is 0.876. The Balaban J connectivity index is 1.86. The van der Waals surface area contributed by atoms with E-state index in [0.717, 1.165) is 24.3 Å². The van der Waals surface area contributed by atoms with E-state index >= 15 is 0 Å². The molecule has 2 N–H and O–H groups in total. The molecule has 2 rings (SSSR count). The van der Waals surface area contributed by atoms with Gasteiger partial charge in [-0.25, -0.2) is 8.42 Å². The zero-order valence-electron chi connectivity index (χ0n) is 12.6. The van der Waals surface area contributed by atoms with Gasteiger partial charge in [0.25, 0.3) is 0 Å². The molecule has 0 aromatic heterocycles. The van der Waals surface area contributed by atoms with Crippen LogP contribution in [0.2, 0.25) is 0 Å². The summed E-state index contributed by atoms with van der Waals surface area (Å²) in [4.78, 5) is 0.339. The highest BCUT2D eigenvalue weighted by Gasteiger charge is 2.20. The van der Waals surface area contributed by atoms with E-state index in [1.165, 1.54) is 12.8 Å². The Kier molecular flexibility index (Phi) is 5.79. The SMILES string of the molecule is CC1CCC(OCCS(=O)(=O)c2cccc(CN)c2)CC1. The fourth-order valence-electron chi connectivity index (χ4n) is 2.70. The molecule has 0 unspecified atom stereocenters. The predicted molar refractivity (Wildman–Crippen MR) is 83.8 cm³/mol. The summed E-state index contributed by atoms with van der Waals surface area (Å²) in [6.45, 7) is 2.87. The van der Waals surface area contributed by atoms with Gasteiger partial charge in [-0.1, -0.05) is 19.1 Å². The fraction of sp³-hybridized carbons (Fsp3) is 0.625. The Morgan fingerprint density at radius 2 is 1.95 bits per heavy atom. The van der Waals surface area contributed by atoms with Crippen LogP contribution < -0.4 is 5.73 Å². The van der Waals surface area contributed by atoms with Crippen LogP contribution in [0.3, 0.4) is 0 Å². The largest absolute Gasteiger partial charge is 0.377 e. The van der Waals surface area contributed by atoms with E-state index in [2.05, 4.69) is 6.92 Å². The van der Waals surface area contributed by atoms with E-state index in [9.17, 15) is 8.42 Å². The summed E-state index contributed by atoms with van der Waals surface area (Å²) in [6.07, 6.45) is 4.67. The standard InChI is InChI=1S/C16H25NO3S/c1-13-5-7-15(8-6-13)20-9-10-21(18,19)16-4-2-3-14(11-16)12-17/h2-4,11,13,15H,5-10,12,17H2,1H3. The lowest BCUT2D eigenvalue weighted by Gasteiger charge is -2.26. The van der Waals surface area contributed by atoms with E-state index in [1.54, 1.807) is 18.2 Å². The Labute approximate surface area is 127 Å². The summed E-state index contributed by atoms with van der Waals surface area (Å²) in [5.74, 6) is 0.806. The molecule has 1 aromatic carbocycles. The summed E-state index contributed by atoms with van der Waals surface area (Å²) in [7, 11) is -3.29. The van der Waals surface area contributed by atoms with Gasteiger partial charge < -0.3 is 10.5 Å². The molecule has 118 valence electrons. The number of benzene rings is 1. The number of hydrogen-bond acceptors (Lipinski definition) is 4.